The molecule has 4 nitrogen and oxygen atoms in total. The maximum atomic E-state index is 9.65. The second kappa shape index (κ2) is 10.0. The van der Waals surface area contributed by atoms with Crippen molar-refractivity contribution >= 4 is 5.69 Å². The third-order valence-electron chi connectivity index (χ3n) is 7.44. The average Bonchev–Trinajstić information content (AvgIpc) is 3.70. The molecule has 34 heavy (non-hydrogen) atoms. The number of aromatic hydroxyl groups is 1. The summed E-state index contributed by atoms with van der Waals surface area (Å²) in [5, 5.41) is 9.65. The van der Waals surface area contributed by atoms with Crippen LogP contribution in [-0.2, 0) is 19.3 Å². The van der Waals surface area contributed by atoms with Crippen molar-refractivity contribution in [2.75, 3.05) is 32.2 Å². The maximum Gasteiger partial charge on any atom is 0.120 e. The Labute approximate surface area is 203 Å². The van der Waals surface area contributed by atoms with Gasteiger partial charge in [-0.25, -0.2) is 0 Å². The fourth-order valence-electron chi connectivity index (χ4n) is 5.24. The standard InChI is InChI=1S/C30H35NO3/c1-33-27-12-9-23-17-25(8-7-24(23)18-27)29-14-13-28(34-2)19-30(29)31(20-22-3-4-22)16-15-21-5-10-26(32)11-6-21/h5-6,9-14,18-19,22,25,32H,3-4,7-8,15-17,20H2,1-2H3. The summed E-state index contributed by atoms with van der Waals surface area (Å²) in [6.45, 7) is 2.06. The van der Waals surface area contributed by atoms with Crippen molar-refractivity contribution in [3.05, 3.63) is 82.9 Å². The van der Waals surface area contributed by atoms with Gasteiger partial charge in [0.25, 0.3) is 0 Å². The zero-order chi connectivity index (χ0) is 23.5. The number of phenolic OH excluding ortho intramolecular Hbond substituents is 1. The van der Waals surface area contributed by atoms with Gasteiger partial charge in [-0.1, -0.05) is 24.3 Å². The number of ether oxygens (including phenoxy) is 2. The van der Waals surface area contributed by atoms with E-state index in [1.54, 1.807) is 26.4 Å². The highest BCUT2D eigenvalue weighted by atomic mass is 16.5. The van der Waals surface area contributed by atoms with E-state index < -0.39 is 0 Å². The van der Waals surface area contributed by atoms with E-state index in [1.165, 1.54) is 40.8 Å². The average molecular weight is 458 g/mol. The molecule has 0 aromatic heterocycles. The lowest BCUT2D eigenvalue weighted by Gasteiger charge is -2.32. The van der Waals surface area contributed by atoms with Crippen LogP contribution in [0.1, 0.15) is 47.4 Å². The molecule has 0 bridgehead atoms. The van der Waals surface area contributed by atoms with Gasteiger partial charge in [0.1, 0.15) is 17.2 Å². The Morgan fingerprint density at radius 1 is 0.853 bits per heavy atom. The summed E-state index contributed by atoms with van der Waals surface area (Å²) in [5.41, 5.74) is 6.88. The molecule has 2 aliphatic rings. The summed E-state index contributed by atoms with van der Waals surface area (Å²) in [5.74, 6) is 3.48. The van der Waals surface area contributed by atoms with Crippen molar-refractivity contribution in [2.24, 2.45) is 5.92 Å². The number of nitrogens with zero attached hydrogens (tertiary/aromatic N) is 1. The molecule has 2 aliphatic carbocycles. The van der Waals surface area contributed by atoms with Gasteiger partial charge in [0.2, 0.25) is 0 Å². The SMILES string of the molecule is COc1ccc2c(c1)CCC(c1ccc(OC)cc1N(CCc1ccc(O)cc1)CC1CC1)C2. The molecule has 0 saturated heterocycles. The molecule has 4 heteroatoms. The molecular weight excluding hydrogens is 422 g/mol. The summed E-state index contributed by atoms with van der Waals surface area (Å²) in [7, 11) is 3.49. The number of hydrogen-bond acceptors (Lipinski definition) is 4. The Kier molecular flexibility index (Phi) is 6.66. The Hall–Kier alpha value is -3.14. The second-order valence-electron chi connectivity index (χ2n) is 9.80. The maximum absolute atomic E-state index is 9.65. The van der Waals surface area contributed by atoms with E-state index in [0.717, 1.165) is 56.2 Å². The van der Waals surface area contributed by atoms with Gasteiger partial charge in [-0.2, -0.15) is 0 Å². The van der Waals surface area contributed by atoms with Gasteiger partial charge < -0.3 is 19.5 Å². The zero-order valence-corrected chi connectivity index (χ0v) is 20.3. The molecular formula is C30H35NO3. The highest BCUT2D eigenvalue weighted by Crippen LogP contribution is 2.41. The number of phenols is 1. The molecule has 1 fully saturated rings. The van der Waals surface area contributed by atoms with Crippen molar-refractivity contribution < 1.29 is 14.6 Å². The lowest BCUT2D eigenvalue weighted by molar-refractivity contribution is 0.412. The predicted molar refractivity (Wildman–Crippen MR) is 138 cm³/mol. The normalized spacial score (nSPS) is 17.2. The number of methoxy groups -OCH3 is 2. The molecule has 0 spiro atoms. The summed E-state index contributed by atoms with van der Waals surface area (Å²) in [6.07, 6.45) is 6.90. The fraction of sp³-hybridized carbons (Fsp3) is 0.400. The number of benzene rings is 3. The molecule has 1 atom stereocenters. The minimum Gasteiger partial charge on any atom is -0.508 e. The zero-order valence-electron chi connectivity index (χ0n) is 20.3. The van der Waals surface area contributed by atoms with Gasteiger partial charge in [0.05, 0.1) is 14.2 Å². The van der Waals surface area contributed by atoms with Crippen LogP contribution in [0.15, 0.2) is 60.7 Å². The molecule has 1 unspecified atom stereocenters. The molecule has 3 aromatic carbocycles. The third-order valence-corrected chi connectivity index (χ3v) is 7.44. The van der Waals surface area contributed by atoms with Crippen LogP contribution in [0.25, 0.3) is 0 Å². The van der Waals surface area contributed by atoms with Gasteiger partial charge in [-0.05, 0) is 103 Å². The topological polar surface area (TPSA) is 41.9 Å². The fourth-order valence-corrected chi connectivity index (χ4v) is 5.24. The van der Waals surface area contributed by atoms with E-state index in [-0.39, 0.29) is 0 Å². The second-order valence-corrected chi connectivity index (χ2v) is 9.80. The van der Waals surface area contributed by atoms with Crippen LogP contribution in [0.2, 0.25) is 0 Å². The highest BCUT2D eigenvalue weighted by molar-refractivity contribution is 5.60. The first kappa shape index (κ1) is 22.6. The van der Waals surface area contributed by atoms with Crippen LogP contribution in [0.5, 0.6) is 17.2 Å². The molecule has 0 heterocycles. The third kappa shape index (κ3) is 5.16. The molecule has 1 saturated carbocycles. The number of rotatable bonds is 9. The molecule has 1 N–H and O–H groups in total. The lowest BCUT2D eigenvalue weighted by atomic mass is 9.79. The van der Waals surface area contributed by atoms with E-state index in [1.807, 2.05) is 12.1 Å². The summed E-state index contributed by atoms with van der Waals surface area (Å²) >= 11 is 0. The lowest BCUT2D eigenvalue weighted by Crippen LogP contribution is -2.30. The molecule has 0 radical (unpaired) electrons. The molecule has 178 valence electrons. The van der Waals surface area contributed by atoms with E-state index >= 15 is 0 Å². The Morgan fingerprint density at radius 3 is 2.32 bits per heavy atom. The number of hydrogen-bond donors (Lipinski definition) is 1. The Balaban J connectivity index is 1.43. The summed E-state index contributed by atoms with van der Waals surface area (Å²) in [4.78, 5) is 2.59. The Morgan fingerprint density at radius 2 is 1.59 bits per heavy atom. The minimum atomic E-state index is 0.323. The van der Waals surface area contributed by atoms with Gasteiger partial charge >= 0.3 is 0 Å². The summed E-state index contributed by atoms with van der Waals surface area (Å²) in [6, 6.07) is 20.8. The first-order valence-corrected chi connectivity index (χ1v) is 12.5. The van der Waals surface area contributed by atoms with Crippen LogP contribution in [0.4, 0.5) is 5.69 Å². The molecule has 5 rings (SSSR count). The van der Waals surface area contributed by atoms with E-state index in [9.17, 15) is 5.11 Å². The van der Waals surface area contributed by atoms with Crippen LogP contribution in [-0.4, -0.2) is 32.4 Å². The van der Waals surface area contributed by atoms with Crippen molar-refractivity contribution in [3.63, 3.8) is 0 Å². The largest absolute Gasteiger partial charge is 0.508 e. The van der Waals surface area contributed by atoms with Crippen molar-refractivity contribution in [3.8, 4) is 17.2 Å². The monoisotopic (exact) mass is 457 g/mol. The van der Waals surface area contributed by atoms with Crippen LogP contribution >= 0.6 is 0 Å². The van der Waals surface area contributed by atoms with Crippen molar-refractivity contribution in [2.45, 2.75) is 44.4 Å². The minimum absolute atomic E-state index is 0.323. The van der Waals surface area contributed by atoms with Gasteiger partial charge in [-0.3, -0.25) is 0 Å². The van der Waals surface area contributed by atoms with Crippen LogP contribution < -0.4 is 14.4 Å². The Bertz CT molecular complexity index is 1120. The highest BCUT2D eigenvalue weighted by Gasteiger charge is 2.28. The first-order chi connectivity index (χ1) is 16.6. The van der Waals surface area contributed by atoms with Crippen LogP contribution in [0, 0.1) is 5.92 Å². The van der Waals surface area contributed by atoms with Gasteiger partial charge in [0.15, 0.2) is 0 Å². The first-order valence-electron chi connectivity index (χ1n) is 12.5. The van der Waals surface area contributed by atoms with Gasteiger partial charge in [0, 0.05) is 24.8 Å². The smallest absolute Gasteiger partial charge is 0.120 e. The quantitative estimate of drug-likeness (QED) is 0.419. The molecule has 0 amide bonds. The van der Waals surface area contributed by atoms with Crippen molar-refractivity contribution in [1.29, 1.82) is 0 Å². The molecule has 0 aliphatic heterocycles. The molecule has 3 aromatic rings. The number of anilines is 1. The van der Waals surface area contributed by atoms with Crippen LogP contribution in [0.3, 0.4) is 0 Å². The van der Waals surface area contributed by atoms with Crippen molar-refractivity contribution in [1.82, 2.24) is 0 Å². The van der Waals surface area contributed by atoms with E-state index in [2.05, 4.69) is 41.3 Å². The number of aryl methyl sites for hydroxylation is 1. The number of fused-ring (bicyclic) bond motifs is 1. The predicted octanol–water partition coefficient (Wildman–Crippen LogP) is 6.14. The summed E-state index contributed by atoms with van der Waals surface area (Å²) < 4.78 is 11.1. The van der Waals surface area contributed by atoms with Gasteiger partial charge in [-0.15, -0.1) is 0 Å². The van der Waals surface area contributed by atoms with E-state index in [4.69, 9.17) is 9.47 Å². The van der Waals surface area contributed by atoms with E-state index in [0.29, 0.717) is 11.7 Å².